The number of para-hydroxylation sites is 1. The number of H-pyrrole nitrogens is 1. The minimum atomic E-state index is -3.60. The molecule has 0 spiro atoms. The maximum Gasteiger partial charge on any atom is 0.210 e. The summed E-state index contributed by atoms with van der Waals surface area (Å²) in [4.78, 5) is 6.15. The first-order chi connectivity index (χ1) is 11.7. The number of aromatic amines is 1. The Hall–Kier alpha value is -2.31. The Morgan fingerprint density at radius 1 is 0.875 bits per heavy atom. The van der Waals surface area contributed by atoms with E-state index >= 15 is 0 Å². The van der Waals surface area contributed by atoms with Gasteiger partial charge in [-0.2, -0.15) is 0 Å². The number of rotatable bonds is 3. The van der Waals surface area contributed by atoms with Crippen molar-refractivity contribution in [3.63, 3.8) is 0 Å². The van der Waals surface area contributed by atoms with Crippen molar-refractivity contribution < 1.29 is 8.42 Å². The first-order valence-corrected chi connectivity index (χ1v) is 9.53. The molecular weight excluding hydrogens is 322 g/mol. The van der Waals surface area contributed by atoms with Crippen LogP contribution in [-0.4, -0.2) is 39.6 Å². The number of hydrogen-bond acceptors (Lipinski definition) is 4. The number of sulfone groups is 1. The Morgan fingerprint density at radius 3 is 2.29 bits per heavy atom. The van der Waals surface area contributed by atoms with Crippen LogP contribution in [0.3, 0.4) is 0 Å². The lowest BCUT2D eigenvalue weighted by Gasteiger charge is -2.29. The fourth-order valence-electron chi connectivity index (χ4n) is 3.20. The predicted octanol–water partition coefficient (Wildman–Crippen LogP) is 2.41. The van der Waals surface area contributed by atoms with Crippen LogP contribution in [0.15, 0.2) is 64.4 Å². The van der Waals surface area contributed by atoms with Gasteiger partial charge in [-0.25, -0.2) is 8.42 Å². The topological polar surface area (TPSA) is 65.2 Å². The third-order valence-corrected chi connectivity index (χ3v) is 6.24. The molecule has 24 heavy (non-hydrogen) atoms. The van der Waals surface area contributed by atoms with E-state index in [0.717, 1.165) is 37.1 Å². The molecule has 6 heteroatoms. The zero-order chi connectivity index (χ0) is 16.6. The van der Waals surface area contributed by atoms with Gasteiger partial charge in [0.1, 0.15) is 10.7 Å². The fraction of sp³-hybridized carbons (Fsp3) is 0.222. The van der Waals surface area contributed by atoms with Crippen molar-refractivity contribution in [1.82, 2.24) is 10.3 Å². The standard InChI is InChI=1S/C18H19N3O2S/c22-24(23,14-6-2-1-3-7-14)17-15-8-4-5-9-16(15)20-18(17)21-12-10-19-11-13-21/h1-9,19-20H,10-13H2. The van der Waals surface area contributed by atoms with Gasteiger partial charge in [-0.15, -0.1) is 0 Å². The molecular formula is C18H19N3O2S. The number of hydrogen-bond donors (Lipinski definition) is 2. The van der Waals surface area contributed by atoms with E-state index in [1.54, 1.807) is 24.3 Å². The van der Waals surface area contributed by atoms with Crippen LogP contribution in [0.5, 0.6) is 0 Å². The first kappa shape index (κ1) is 15.2. The van der Waals surface area contributed by atoms with Gasteiger partial charge in [-0.05, 0) is 18.2 Å². The van der Waals surface area contributed by atoms with E-state index in [9.17, 15) is 8.42 Å². The Labute approximate surface area is 141 Å². The summed E-state index contributed by atoms with van der Waals surface area (Å²) in [6, 6.07) is 16.2. The largest absolute Gasteiger partial charge is 0.355 e. The number of benzene rings is 2. The Morgan fingerprint density at radius 2 is 1.54 bits per heavy atom. The van der Waals surface area contributed by atoms with Crippen molar-refractivity contribution in [2.45, 2.75) is 9.79 Å². The molecule has 0 unspecified atom stereocenters. The molecule has 124 valence electrons. The number of nitrogens with one attached hydrogen (secondary N) is 2. The lowest BCUT2D eigenvalue weighted by molar-refractivity contribution is 0.578. The van der Waals surface area contributed by atoms with Gasteiger partial charge in [-0.1, -0.05) is 36.4 Å². The molecule has 0 amide bonds. The molecule has 1 aliphatic rings. The number of fused-ring (bicyclic) bond motifs is 1. The van der Waals surface area contributed by atoms with E-state index in [0.29, 0.717) is 15.6 Å². The van der Waals surface area contributed by atoms with Crippen molar-refractivity contribution in [2.75, 3.05) is 31.1 Å². The van der Waals surface area contributed by atoms with Crippen molar-refractivity contribution in [1.29, 1.82) is 0 Å². The van der Waals surface area contributed by atoms with Crippen LogP contribution in [0.4, 0.5) is 5.82 Å². The van der Waals surface area contributed by atoms with Gasteiger partial charge >= 0.3 is 0 Å². The zero-order valence-electron chi connectivity index (χ0n) is 13.2. The van der Waals surface area contributed by atoms with Crippen molar-refractivity contribution in [2.24, 2.45) is 0 Å². The van der Waals surface area contributed by atoms with Crippen molar-refractivity contribution in [3.8, 4) is 0 Å². The Balaban J connectivity index is 1.96. The highest BCUT2D eigenvalue weighted by Gasteiger charge is 2.29. The molecule has 0 radical (unpaired) electrons. The quantitative estimate of drug-likeness (QED) is 0.768. The second kappa shape index (κ2) is 5.96. The van der Waals surface area contributed by atoms with Crippen molar-refractivity contribution in [3.05, 3.63) is 54.6 Å². The summed E-state index contributed by atoms with van der Waals surface area (Å²) < 4.78 is 26.6. The lowest BCUT2D eigenvalue weighted by atomic mass is 10.2. The van der Waals surface area contributed by atoms with E-state index in [4.69, 9.17) is 0 Å². The van der Waals surface area contributed by atoms with Gasteiger partial charge in [0, 0.05) is 37.1 Å². The highest BCUT2D eigenvalue weighted by molar-refractivity contribution is 7.92. The van der Waals surface area contributed by atoms with Crippen LogP contribution in [0.25, 0.3) is 10.9 Å². The number of piperazine rings is 1. The predicted molar refractivity (Wildman–Crippen MR) is 95.3 cm³/mol. The summed E-state index contributed by atoms with van der Waals surface area (Å²) in [6.45, 7) is 3.26. The summed E-state index contributed by atoms with van der Waals surface area (Å²) in [5.41, 5.74) is 0.848. The normalized spacial score (nSPS) is 15.8. The third-order valence-electron chi connectivity index (χ3n) is 4.40. The lowest BCUT2D eigenvalue weighted by Crippen LogP contribution is -2.44. The molecule has 0 bridgehead atoms. The first-order valence-electron chi connectivity index (χ1n) is 8.04. The van der Waals surface area contributed by atoms with E-state index in [2.05, 4.69) is 15.2 Å². The molecule has 0 aliphatic carbocycles. The molecule has 0 atom stereocenters. The third kappa shape index (κ3) is 2.48. The maximum absolute atomic E-state index is 13.3. The molecule has 4 rings (SSSR count). The smallest absolute Gasteiger partial charge is 0.210 e. The summed E-state index contributed by atoms with van der Waals surface area (Å²) in [7, 11) is -3.60. The molecule has 2 aromatic carbocycles. The average molecular weight is 341 g/mol. The zero-order valence-corrected chi connectivity index (χ0v) is 14.0. The highest BCUT2D eigenvalue weighted by Crippen LogP contribution is 2.36. The number of aromatic nitrogens is 1. The van der Waals surface area contributed by atoms with Gasteiger partial charge in [-0.3, -0.25) is 0 Å². The van der Waals surface area contributed by atoms with Crippen LogP contribution >= 0.6 is 0 Å². The van der Waals surface area contributed by atoms with Gasteiger partial charge < -0.3 is 15.2 Å². The summed E-state index contributed by atoms with van der Waals surface area (Å²) in [5, 5.41) is 4.05. The summed E-state index contributed by atoms with van der Waals surface area (Å²) in [6.07, 6.45) is 0. The van der Waals surface area contributed by atoms with Crippen LogP contribution in [0.1, 0.15) is 0 Å². The van der Waals surface area contributed by atoms with E-state index in [-0.39, 0.29) is 0 Å². The second-order valence-electron chi connectivity index (χ2n) is 5.90. The molecule has 2 N–H and O–H groups in total. The molecule has 5 nitrogen and oxygen atoms in total. The second-order valence-corrected chi connectivity index (χ2v) is 7.79. The van der Waals surface area contributed by atoms with Crippen molar-refractivity contribution >= 4 is 26.6 Å². The van der Waals surface area contributed by atoms with Crippen LogP contribution < -0.4 is 10.2 Å². The monoisotopic (exact) mass is 341 g/mol. The van der Waals surface area contributed by atoms with Gasteiger partial charge in [0.2, 0.25) is 9.84 Å². The molecule has 1 aliphatic heterocycles. The Kier molecular flexibility index (Phi) is 3.78. The summed E-state index contributed by atoms with van der Waals surface area (Å²) in [5.74, 6) is 0.696. The van der Waals surface area contributed by atoms with E-state index in [1.807, 2.05) is 30.3 Å². The minimum absolute atomic E-state index is 0.325. The minimum Gasteiger partial charge on any atom is -0.355 e. The highest BCUT2D eigenvalue weighted by atomic mass is 32.2. The molecule has 1 aromatic heterocycles. The molecule has 2 heterocycles. The van der Waals surface area contributed by atoms with Crippen LogP contribution in [0, 0.1) is 0 Å². The molecule has 3 aromatic rings. The van der Waals surface area contributed by atoms with E-state index in [1.165, 1.54) is 0 Å². The Bertz CT molecular complexity index is 958. The van der Waals surface area contributed by atoms with E-state index < -0.39 is 9.84 Å². The molecule has 0 saturated carbocycles. The summed E-state index contributed by atoms with van der Waals surface area (Å²) >= 11 is 0. The number of nitrogens with zero attached hydrogens (tertiary/aromatic N) is 1. The van der Waals surface area contributed by atoms with Crippen LogP contribution in [0.2, 0.25) is 0 Å². The molecule has 1 fully saturated rings. The van der Waals surface area contributed by atoms with Gasteiger partial charge in [0.05, 0.1) is 4.90 Å². The molecule has 1 saturated heterocycles. The number of anilines is 1. The SMILES string of the molecule is O=S(=O)(c1ccccc1)c1c(N2CCNCC2)[nH]c2ccccc12. The average Bonchev–Trinajstić information content (AvgIpc) is 3.03. The van der Waals surface area contributed by atoms with Gasteiger partial charge in [0.15, 0.2) is 0 Å². The van der Waals surface area contributed by atoms with Gasteiger partial charge in [0.25, 0.3) is 0 Å². The maximum atomic E-state index is 13.3. The fourth-order valence-corrected chi connectivity index (χ4v) is 4.86. The van der Waals surface area contributed by atoms with Crippen LogP contribution in [-0.2, 0) is 9.84 Å².